The number of cyclic esters (lactones) is 2. The second-order valence-electron chi connectivity index (χ2n) is 3.46. The van der Waals surface area contributed by atoms with E-state index in [2.05, 4.69) is 10.6 Å². The summed E-state index contributed by atoms with van der Waals surface area (Å²) < 4.78 is 9.60. The van der Waals surface area contributed by atoms with Gasteiger partial charge in [-0.3, -0.25) is 0 Å². The van der Waals surface area contributed by atoms with Crippen molar-refractivity contribution in [2.75, 3.05) is 7.05 Å². The Labute approximate surface area is 91.8 Å². The lowest BCUT2D eigenvalue weighted by atomic mass is 10.2. The molecule has 0 aromatic rings. The Hall–Kier alpha value is -2.05. The van der Waals surface area contributed by atoms with E-state index >= 15 is 0 Å². The number of amides is 2. The molecule has 16 heavy (non-hydrogen) atoms. The molecule has 1 fully saturated rings. The molecule has 2 amide bonds. The summed E-state index contributed by atoms with van der Waals surface area (Å²) in [4.78, 5) is 33.5. The second kappa shape index (κ2) is 4.21. The molecule has 1 heterocycles. The predicted octanol–water partition coefficient (Wildman–Crippen LogP) is -0.365. The zero-order valence-electron chi connectivity index (χ0n) is 9.12. The molecule has 1 rings (SSSR count). The number of carbonyl (C=O) groups excluding carboxylic acids is 3. The first-order valence-corrected chi connectivity index (χ1v) is 4.51. The van der Waals surface area contributed by atoms with Crippen molar-refractivity contribution in [2.24, 2.45) is 0 Å². The third-order valence-electron chi connectivity index (χ3n) is 1.69. The van der Waals surface area contributed by atoms with Crippen molar-refractivity contribution >= 4 is 18.0 Å². The minimum Gasteiger partial charge on any atom is -0.419 e. The summed E-state index contributed by atoms with van der Waals surface area (Å²) in [5.41, 5.74) is -0.358. The van der Waals surface area contributed by atoms with Gasteiger partial charge in [0.05, 0.1) is 0 Å². The number of esters is 2. The second-order valence-corrected chi connectivity index (χ2v) is 3.46. The fourth-order valence-electron chi connectivity index (χ4n) is 0.988. The fraction of sp³-hybridized carbons (Fsp3) is 0.444. The van der Waals surface area contributed by atoms with Crippen molar-refractivity contribution in [2.45, 2.75) is 19.6 Å². The van der Waals surface area contributed by atoms with Crippen LogP contribution in [0.1, 0.15) is 13.8 Å². The number of ether oxygens (including phenoxy) is 2. The summed E-state index contributed by atoms with van der Waals surface area (Å²) in [7, 11) is 1.40. The monoisotopic (exact) mass is 228 g/mol. The van der Waals surface area contributed by atoms with E-state index in [1.165, 1.54) is 20.9 Å². The maximum absolute atomic E-state index is 11.4. The van der Waals surface area contributed by atoms with Gasteiger partial charge < -0.3 is 20.1 Å². The van der Waals surface area contributed by atoms with Crippen LogP contribution in [0.25, 0.3) is 0 Å². The number of hydrogen-bond acceptors (Lipinski definition) is 5. The standard InChI is InChI=1S/C9H12N2O5/c1-9(2)15-6(12)5(7(13)16-9)4-11-8(14)10-3/h4H,1-3H3,(H2,10,11,14). The molecule has 7 heteroatoms. The van der Waals surface area contributed by atoms with Crippen molar-refractivity contribution in [1.29, 1.82) is 0 Å². The average molecular weight is 228 g/mol. The quantitative estimate of drug-likeness (QED) is 0.363. The molecule has 88 valence electrons. The van der Waals surface area contributed by atoms with E-state index in [0.717, 1.165) is 6.20 Å². The molecule has 0 radical (unpaired) electrons. The van der Waals surface area contributed by atoms with Gasteiger partial charge in [0, 0.05) is 27.1 Å². The van der Waals surface area contributed by atoms with Crippen LogP contribution < -0.4 is 10.6 Å². The molecule has 7 nitrogen and oxygen atoms in total. The Bertz CT molecular complexity index is 350. The summed E-state index contributed by atoms with van der Waals surface area (Å²) in [6, 6.07) is -0.557. The highest BCUT2D eigenvalue weighted by atomic mass is 16.7. The van der Waals surface area contributed by atoms with Crippen molar-refractivity contribution < 1.29 is 23.9 Å². The van der Waals surface area contributed by atoms with Crippen molar-refractivity contribution in [3.8, 4) is 0 Å². The maximum Gasteiger partial charge on any atom is 0.350 e. The molecule has 1 aliphatic rings. The van der Waals surface area contributed by atoms with Crippen LogP contribution in [0.5, 0.6) is 0 Å². The Balaban J connectivity index is 2.79. The molecule has 0 spiro atoms. The van der Waals surface area contributed by atoms with E-state index in [-0.39, 0.29) is 5.57 Å². The minimum absolute atomic E-state index is 0.358. The third-order valence-corrected chi connectivity index (χ3v) is 1.69. The average Bonchev–Trinajstić information content (AvgIpc) is 2.14. The van der Waals surface area contributed by atoms with Gasteiger partial charge in [-0.05, 0) is 0 Å². The lowest BCUT2D eigenvalue weighted by Gasteiger charge is -2.29. The number of urea groups is 1. The van der Waals surface area contributed by atoms with Crippen LogP contribution in [-0.2, 0) is 19.1 Å². The van der Waals surface area contributed by atoms with Crippen molar-refractivity contribution in [3.63, 3.8) is 0 Å². The number of nitrogens with one attached hydrogen (secondary N) is 2. The molecule has 0 aliphatic carbocycles. The van der Waals surface area contributed by atoms with Gasteiger partial charge in [-0.1, -0.05) is 0 Å². The summed E-state index contributed by atoms with van der Waals surface area (Å²) >= 11 is 0. The van der Waals surface area contributed by atoms with Gasteiger partial charge in [-0.25, -0.2) is 14.4 Å². The van der Waals surface area contributed by atoms with Gasteiger partial charge in [0.1, 0.15) is 0 Å². The molecule has 0 bridgehead atoms. The molecule has 0 aromatic heterocycles. The van der Waals surface area contributed by atoms with Crippen LogP contribution in [0.15, 0.2) is 11.8 Å². The molecule has 0 saturated carbocycles. The topological polar surface area (TPSA) is 93.7 Å². The first kappa shape index (κ1) is 12.0. The van der Waals surface area contributed by atoms with E-state index in [1.54, 1.807) is 0 Å². The largest absolute Gasteiger partial charge is 0.419 e. The van der Waals surface area contributed by atoms with Crippen LogP contribution in [0.3, 0.4) is 0 Å². The Morgan fingerprint density at radius 1 is 1.25 bits per heavy atom. The number of rotatable bonds is 1. The third kappa shape index (κ3) is 2.72. The van der Waals surface area contributed by atoms with Gasteiger partial charge in [0.2, 0.25) is 0 Å². The lowest BCUT2D eigenvalue weighted by Crippen LogP contribution is -2.42. The molecule has 1 saturated heterocycles. The van der Waals surface area contributed by atoms with Gasteiger partial charge >= 0.3 is 18.0 Å². The molecule has 0 aromatic carbocycles. The molecular weight excluding hydrogens is 216 g/mol. The summed E-state index contributed by atoms with van der Waals surface area (Å²) in [5, 5.41) is 4.43. The number of carbonyl (C=O) groups is 3. The summed E-state index contributed by atoms with van der Waals surface area (Å²) in [5.74, 6) is -2.95. The molecule has 1 aliphatic heterocycles. The highest BCUT2D eigenvalue weighted by molar-refractivity contribution is 6.15. The summed E-state index contributed by atoms with van der Waals surface area (Å²) in [6.45, 7) is 2.87. The maximum atomic E-state index is 11.4. The van der Waals surface area contributed by atoms with Gasteiger partial charge in [0.15, 0.2) is 5.57 Å². The molecule has 2 N–H and O–H groups in total. The van der Waals surface area contributed by atoms with E-state index in [4.69, 9.17) is 9.47 Å². The lowest BCUT2D eigenvalue weighted by molar-refractivity contribution is -0.222. The zero-order chi connectivity index (χ0) is 12.3. The first-order valence-electron chi connectivity index (χ1n) is 4.51. The van der Waals surface area contributed by atoms with Gasteiger partial charge in [0.25, 0.3) is 5.79 Å². The highest BCUT2D eigenvalue weighted by Gasteiger charge is 2.38. The fourth-order valence-corrected chi connectivity index (χ4v) is 0.988. The van der Waals surface area contributed by atoms with Crippen LogP contribution in [0.2, 0.25) is 0 Å². The molecular formula is C9H12N2O5. The SMILES string of the molecule is CNC(=O)NC=C1C(=O)OC(C)(C)OC1=O. The normalized spacial score (nSPS) is 18.3. The van der Waals surface area contributed by atoms with Crippen molar-refractivity contribution in [1.82, 2.24) is 10.6 Å². The molecule has 0 atom stereocenters. The Kier molecular flexibility index (Phi) is 3.17. The van der Waals surface area contributed by atoms with Crippen LogP contribution in [0, 0.1) is 0 Å². The predicted molar refractivity (Wildman–Crippen MR) is 51.9 cm³/mol. The number of hydrogen-bond donors (Lipinski definition) is 2. The first-order chi connectivity index (χ1) is 7.35. The van der Waals surface area contributed by atoms with E-state index in [1.807, 2.05) is 0 Å². The van der Waals surface area contributed by atoms with E-state index in [9.17, 15) is 14.4 Å². The van der Waals surface area contributed by atoms with E-state index in [0.29, 0.717) is 0 Å². The van der Waals surface area contributed by atoms with Crippen LogP contribution in [-0.4, -0.2) is 30.8 Å². The Morgan fingerprint density at radius 2 is 1.75 bits per heavy atom. The summed E-state index contributed by atoms with van der Waals surface area (Å²) in [6.07, 6.45) is 0.943. The highest BCUT2D eigenvalue weighted by Crippen LogP contribution is 2.21. The van der Waals surface area contributed by atoms with Gasteiger partial charge in [-0.2, -0.15) is 0 Å². The van der Waals surface area contributed by atoms with E-state index < -0.39 is 23.8 Å². The van der Waals surface area contributed by atoms with Crippen LogP contribution in [0.4, 0.5) is 4.79 Å². The molecule has 0 unspecified atom stereocenters. The van der Waals surface area contributed by atoms with Crippen molar-refractivity contribution in [3.05, 3.63) is 11.8 Å². The van der Waals surface area contributed by atoms with Crippen LogP contribution >= 0.6 is 0 Å². The zero-order valence-corrected chi connectivity index (χ0v) is 9.12. The van der Waals surface area contributed by atoms with Gasteiger partial charge in [-0.15, -0.1) is 0 Å². The Morgan fingerprint density at radius 3 is 2.19 bits per heavy atom. The smallest absolute Gasteiger partial charge is 0.350 e. The minimum atomic E-state index is -1.28.